The Balaban J connectivity index is 1.98. The summed E-state index contributed by atoms with van der Waals surface area (Å²) >= 11 is 0. The van der Waals surface area contributed by atoms with Gasteiger partial charge in [0.1, 0.15) is 11.9 Å². The summed E-state index contributed by atoms with van der Waals surface area (Å²) in [5.74, 6) is 1.08. The van der Waals surface area contributed by atoms with Crippen LogP contribution >= 0.6 is 0 Å². The lowest BCUT2D eigenvalue weighted by Gasteiger charge is -2.04. The predicted octanol–water partition coefficient (Wildman–Crippen LogP) is 2.50. The van der Waals surface area contributed by atoms with Gasteiger partial charge in [-0.2, -0.15) is 4.98 Å². The van der Waals surface area contributed by atoms with Gasteiger partial charge in [-0.15, -0.1) is 0 Å². The fourth-order valence-electron chi connectivity index (χ4n) is 2.23. The van der Waals surface area contributed by atoms with Gasteiger partial charge in [0.05, 0.1) is 17.6 Å². The minimum Gasteiger partial charge on any atom is -0.496 e. The van der Waals surface area contributed by atoms with Crippen LogP contribution in [0.5, 0.6) is 5.75 Å². The average molecular weight is 291 g/mol. The van der Waals surface area contributed by atoms with E-state index >= 15 is 0 Å². The van der Waals surface area contributed by atoms with Crippen LogP contribution < -0.4 is 4.74 Å². The van der Waals surface area contributed by atoms with Crippen molar-refractivity contribution in [2.75, 3.05) is 13.7 Å². The number of hydrogen-bond acceptors (Lipinski definition) is 7. The summed E-state index contributed by atoms with van der Waals surface area (Å²) in [6.07, 6.45) is 1.58. The molecule has 1 aliphatic heterocycles. The Morgan fingerprint density at radius 3 is 3.00 bits per heavy atom. The predicted molar refractivity (Wildman–Crippen MR) is 70.9 cm³/mol. The Labute approximate surface area is 119 Å². The van der Waals surface area contributed by atoms with Crippen molar-refractivity contribution >= 4 is 5.69 Å². The SMILES string of the molecule is COc1ccc([N+](=O)[O-])cc1-c1noc([C@@H]2CCCO2)n1. The van der Waals surface area contributed by atoms with Crippen LogP contribution in [0.1, 0.15) is 24.8 Å². The minimum atomic E-state index is -0.482. The van der Waals surface area contributed by atoms with Crippen molar-refractivity contribution in [1.82, 2.24) is 10.1 Å². The lowest BCUT2D eigenvalue weighted by molar-refractivity contribution is -0.384. The molecule has 1 aromatic carbocycles. The monoisotopic (exact) mass is 291 g/mol. The molecule has 0 saturated carbocycles. The van der Waals surface area contributed by atoms with Crippen LogP contribution in [-0.2, 0) is 4.74 Å². The van der Waals surface area contributed by atoms with Crippen molar-refractivity contribution in [3.63, 3.8) is 0 Å². The molecule has 1 saturated heterocycles. The Hall–Kier alpha value is -2.48. The van der Waals surface area contributed by atoms with E-state index in [1.54, 1.807) is 0 Å². The molecule has 2 heterocycles. The van der Waals surface area contributed by atoms with Gasteiger partial charge in [0, 0.05) is 18.7 Å². The average Bonchev–Trinajstić information content (AvgIpc) is 3.17. The van der Waals surface area contributed by atoms with E-state index in [9.17, 15) is 10.1 Å². The third kappa shape index (κ3) is 2.57. The van der Waals surface area contributed by atoms with E-state index in [4.69, 9.17) is 14.0 Å². The Bertz CT molecular complexity index is 664. The molecule has 0 unspecified atom stereocenters. The van der Waals surface area contributed by atoms with Crippen molar-refractivity contribution in [2.24, 2.45) is 0 Å². The summed E-state index contributed by atoms with van der Waals surface area (Å²) < 4.78 is 15.9. The van der Waals surface area contributed by atoms with Crippen LogP contribution in [0.2, 0.25) is 0 Å². The van der Waals surface area contributed by atoms with Crippen LogP contribution in [0.3, 0.4) is 0 Å². The van der Waals surface area contributed by atoms with E-state index in [-0.39, 0.29) is 17.6 Å². The molecule has 0 radical (unpaired) electrons. The van der Waals surface area contributed by atoms with Crippen molar-refractivity contribution in [2.45, 2.75) is 18.9 Å². The number of benzene rings is 1. The zero-order chi connectivity index (χ0) is 14.8. The van der Waals surface area contributed by atoms with Crippen molar-refractivity contribution in [1.29, 1.82) is 0 Å². The molecule has 0 N–H and O–H groups in total. The smallest absolute Gasteiger partial charge is 0.270 e. The molecule has 0 aliphatic carbocycles. The summed E-state index contributed by atoms with van der Waals surface area (Å²) in [7, 11) is 1.48. The molecular formula is C13H13N3O5. The number of nitro groups is 1. The fraction of sp³-hybridized carbons (Fsp3) is 0.385. The highest BCUT2D eigenvalue weighted by Gasteiger charge is 2.25. The van der Waals surface area contributed by atoms with Gasteiger partial charge in [-0.1, -0.05) is 5.16 Å². The first-order valence-corrected chi connectivity index (χ1v) is 6.47. The van der Waals surface area contributed by atoms with Gasteiger partial charge < -0.3 is 14.0 Å². The number of ether oxygens (including phenoxy) is 2. The Morgan fingerprint density at radius 1 is 1.48 bits per heavy atom. The first-order chi connectivity index (χ1) is 10.2. The maximum absolute atomic E-state index is 10.9. The number of hydrogen-bond donors (Lipinski definition) is 0. The van der Waals surface area contributed by atoms with Crippen molar-refractivity contribution < 1.29 is 18.9 Å². The normalized spacial score (nSPS) is 17.9. The second-order valence-electron chi connectivity index (χ2n) is 4.60. The van der Waals surface area contributed by atoms with Gasteiger partial charge in [-0.25, -0.2) is 0 Å². The highest BCUT2D eigenvalue weighted by atomic mass is 16.6. The summed E-state index contributed by atoms with van der Waals surface area (Å²) in [5, 5.41) is 14.8. The van der Waals surface area contributed by atoms with Gasteiger partial charge in [-0.05, 0) is 18.9 Å². The molecule has 2 aromatic rings. The molecule has 1 aromatic heterocycles. The number of methoxy groups -OCH3 is 1. The quantitative estimate of drug-likeness (QED) is 0.630. The number of aromatic nitrogens is 2. The zero-order valence-electron chi connectivity index (χ0n) is 11.3. The van der Waals surface area contributed by atoms with Crippen molar-refractivity contribution in [3.8, 4) is 17.1 Å². The third-order valence-corrected chi connectivity index (χ3v) is 3.28. The second-order valence-corrected chi connectivity index (χ2v) is 4.60. The molecule has 0 spiro atoms. The van der Waals surface area contributed by atoms with Gasteiger partial charge in [0.2, 0.25) is 5.82 Å². The van der Waals surface area contributed by atoms with Crippen LogP contribution in [0.15, 0.2) is 22.7 Å². The molecule has 1 atom stereocenters. The molecule has 1 aliphatic rings. The first kappa shape index (κ1) is 13.5. The highest BCUT2D eigenvalue weighted by molar-refractivity contribution is 5.67. The second kappa shape index (κ2) is 5.49. The van der Waals surface area contributed by atoms with Crippen LogP contribution in [-0.4, -0.2) is 28.8 Å². The topological polar surface area (TPSA) is 101 Å². The minimum absolute atomic E-state index is 0.0609. The highest BCUT2D eigenvalue weighted by Crippen LogP contribution is 2.34. The Kier molecular flexibility index (Phi) is 3.53. The van der Waals surface area contributed by atoms with E-state index < -0.39 is 4.92 Å². The van der Waals surface area contributed by atoms with Crippen LogP contribution in [0.4, 0.5) is 5.69 Å². The van der Waals surface area contributed by atoms with E-state index in [1.165, 1.54) is 25.3 Å². The first-order valence-electron chi connectivity index (χ1n) is 6.47. The van der Waals surface area contributed by atoms with Crippen molar-refractivity contribution in [3.05, 3.63) is 34.2 Å². The molecule has 0 bridgehead atoms. The molecular weight excluding hydrogens is 278 g/mol. The summed E-state index contributed by atoms with van der Waals surface area (Å²) in [5.41, 5.74) is 0.356. The largest absolute Gasteiger partial charge is 0.496 e. The zero-order valence-corrected chi connectivity index (χ0v) is 11.3. The molecule has 3 rings (SSSR count). The van der Waals surface area contributed by atoms with Gasteiger partial charge in [-0.3, -0.25) is 10.1 Å². The fourth-order valence-corrected chi connectivity index (χ4v) is 2.23. The van der Waals surface area contributed by atoms with Crippen LogP contribution in [0, 0.1) is 10.1 Å². The summed E-state index contributed by atoms with van der Waals surface area (Å²) in [6, 6.07) is 4.24. The lowest BCUT2D eigenvalue weighted by atomic mass is 10.1. The van der Waals surface area contributed by atoms with Gasteiger partial charge >= 0.3 is 0 Å². The summed E-state index contributed by atoms with van der Waals surface area (Å²) in [6.45, 7) is 0.669. The van der Waals surface area contributed by atoms with Gasteiger partial charge in [0.25, 0.3) is 11.6 Å². The standard InChI is InChI=1S/C13H13N3O5/c1-19-10-5-4-8(16(17)18)7-9(10)12-14-13(21-15-12)11-3-2-6-20-11/h4-5,7,11H,2-3,6H2,1H3/t11-/m0/s1. The molecule has 0 amide bonds. The van der Waals surface area contributed by atoms with E-state index in [1.807, 2.05) is 0 Å². The van der Waals surface area contributed by atoms with Gasteiger partial charge in [0.15, 0.2) is 0 Å². The maximum Gasteiger partial charge on any atom is 0.270 e. The number of nitrogens with zero attached hydrogens (tertiary/aromatic N) is 3. The lowest BCUT2D eigenvalue weighted by Crippen LogP contribution is -1.96. The molecule has 1 fully saturated rings. The molecule has 21 heavy (non-hydrogen) atoms. The third-order valence-electron chi connectivity index (χ3n) is 3.28. The van der Waals surface area contributed by atoms with E-state index in [2.05, 4.69) is 10.1 Å². The number of rotatable bonds is 4. The Morgan fingerprint density at radius 2 is 2.33 bits per heavy atom. The number of nitro benzene ring substituents is 1. The van der Waals surface area contributed by atoms with E-state index in [0.717, 1.165) is 12.8 Å². The van der Waals surface area contributed by atoms with Crippen LogP contribution in [0.25, 0.3) is 11.4 Å². The molecule has 110 valence electrons. The summed E-state index contributed by atoms with van der Waals surface area (Å²) in [4.78, 5) is 14.7. The number of non-ortho nitro benzene ring substituents is 1. The molecule has 8 nitrogen and oxygen atoms in total. The van der Waals surface area contributed by atoms with E-state index in [0.29, 0.717) is 23.8 Å². The maximum atomic E-state index is 10.9. The molecule has 8 heteroatoms.